The molecule has 0 saturated heterocycles. The van der Waals surface area contributed by atoms with E-state index >= 15 is 0 Å². The third-order valence-corrected chi connectivity index (χ3v) is 6.54. The molecule has 0 aliphatic carbocycles. The van der Waals surface area contributed by atoms with Crippen molar-refractivity contribution in [2.45, 2.75) is 30.6 Å². The molecule has 0 saturated carbocycles. The number of halogens is 5. The summed E-state index contributed by atoms with van der Waals surface area (Å²) >= 11 is 7.25. The number of hydrogen-bond donors (Lipinski definition) is 0. The summed E-state index contributed by atoms with van der Waals surface area (Å²) in [5, 5.41) is 0.599. The number of alkyl halides is 3. The molecular weight excluding hydrogens is 504 g/mol. The molecule has 35 heavy (non-hydrogen) atoms. The van der Waals surface area contributed by atoms with E-state index in [1.165, 1.54) is 36.0 Å². The van der Waals surface area contributed by atoms with Crippen molar-refractivity contribution >= 4 is 40.4 Å². The Morgan fingerprint density at radius 1 is 1.06 bits per heavy atom. The number of fused-ring (bicyclic) bond motifs is 1. The van der Waals surface area contributed by atoms with Gasteiger partial charge in [-0.25, -0.2) is 14.2 Å². The number of hydrogen-bond acceptors (Lipinski definition) is 4. The van der Waals surface area contributed by atoms with Crippen LogP contribution in [0.2, 0.25) is 5.02 Å². The molecule has 1 aromatic heterocycles. The minimum Gasteiger partial charge on any atom is -0.462 e. The standard InChI is InChI=1S/C25H19ClF4N2O2S/c1-2-34-23(33)17-6-10-22-21(12-17)31-24(35-14-16-5-9-20(27)19(26)11-16)32(22)13-15-3-7-18(8-4-15)25(28,29)30/h3-12H,2,13-14H2,1H3. The summed E-state index contributed by atoms with van der Waals surface area (Å²) in [5.74, 6) is -0.551. The van der Waals surface area contributed by atoms with Crippen LogP contribution in [-0.4, -0.2) is 22.1 Å². The van der Waals surface area contributed by atoms with Crippen molar-refractivity contribution in [3.63, 3.8) is 0 Å². The van der Waals surface area contributed by atoms with E-state index in [9.17, 15) is 22.4 Å². The third-order valence-electron chi connectivity index (χ3n) is 5.20. The molecule has 10 heteroatoms. The summed E-state index contributed by atoms with van der Waals surface area (Å²) in [6.45, 7) is 2.21. The monoisotopic (exact) mass is 522 g/mol. The van der Waals surface area contributed by atoms with E-state index in [4.69, 9.17) is 16.3 Å². The number of esters is 1. The number of carbonyl (C=O) groups is 1. The van der Waals surface area contributed by atoms with Crippen molar-refractivity contribution in [1.29, 1.82) is 0 Å². The van der Waals surface area contributed by atoms with Crippen LogP contribution in [0.5, 0.6) is 0 Å². The van der Waals surface area contributed by atoms with Crippen molar-refractivity contribution in [1.82, 2.24) is 9.55 Å². The van der Waals surface area contributed by atoms with Crippen LogP contribution in [0, 0.1) is 5.82 Å². The van der Waals surface area contributed by atoms with E-state index in [0.717, 1.165) is 17.7 Å². The highest BCUT2D eigenvalue weighted by Gasteiger charge is 2.30. The predicted molar refractivity (Wildman–Crippen MR) is 127 cm³/mol. The first-order chi connectivity index (χ1) is 16.7. The zero-order valence-corrected chi connectivity index (χ0v) is 20.0. The van der Waals surface area contributed by atoms with Crippen LogP contribution >= 0.6 is 23.4 Å². The van der Waals surface area contributed by atoms with Crippen LogP contribution < -0.4 is 0 Å². The Bertz CT molecular complexity index is 1370. The fourth-order valence-electron chi connectivity index (χ4n) is 3.47. The van der Waals surface area contributed by atoms with Crippen LogP contribution in [0.3, 0.4) is 0 Å². The molecule has 0 spiro atoms. The summed E-state index contributed by atoms with van der Waals surface area (Å²) in [6.07, 6.45) is -4.42. The zero-order chi connectivity index (χ0) is 25.2. The molecule has 0 unspecified atom stereocenters. The lowest BCUT2D eigenvalue weighted by Gasteiger charge is -2.11. The van der Waals surface area contributed by atoms with Gasteiger partial charge in [-0.3, -0.25) is 0 Å². The summed E-state index contributed by atoms with van der Waals surface area (Å²) in [7, 11) is 0. The van der Waals surface area contributed by atoms with Crippen LogP contribution in [0.25, 0.3) is 11.0 Å². The lowest BCUT2D eigenvalue weighted by molar-refractivity contribution is -0.137. The molecule has 0 aliphatic heterocycles. The second-order valence-corrected chi connectivity index (χ2v) is 8.99. The first kappa shape index (κ1) is 25.1. The van der Waals surface area contributed by atoms with Crippen molar-refractivity contribution < 1.29 is 27.1 Å². The molecule has 0 radical (unpaired) electrons. The quantitative estimate of drug-likeness (QED) is 0.144. The number of ether oxygens (including phenoxy) is 1. The normalized spacial score (nSPS) is 11.7. The molecular formula is C25H19ClF4N2O2S. The zero-order valence-electron chi connectivity index (χ0n) is 18.4. The van der Waals surface area contributed by atoms with Gasteiger partial charge in [-0.1, -0.05) is 41.6 Å². The highest BCUT2D eigenvalue weighted by molar-refractivity contribution is 7.98. The fraction of sp³-hybridized carbons (Fsp3) is 0.200. The molecule has 0 bridgehead atoms. The van der Waals surface area contributed by atoms with E-state index in [-0.39, 0.29) is 18.2 Å². The highest BCUT2D eigenvalue weighted by Crippen LogP contribution is 2.31. The summed E-state index contributed by atoms with van der Waals surface area (Å²) < 4.78 is 59.3. The van der Waals surface area contributed by atoms with Crippen molar-refractivity contribution in [2.24, 2.45) is 0 Å². The number of aromatic nitrogens is 2. The van der Waals surface area contributed by atoms with Gasteiger partial charge in [-0.05, 0) is 60.5 Å². The van der Waals surface area contributed by atoms with Crippen LogP contribution in [-0.2, 0) is 23.2 Å². The van der Waals surface area contributed by atoms with E-state index in [1.807, 2.05) is 4.57 Å². The molecule has 0 amide bonds. The van der Waals surface area contributed by atoms with Gasteiger partial charge >= 0.3 is 12.1 Å². The topological polar surface area (TPSA) is 44.1 Å². The van der Waals surface area contributed by atoms with Gasteiger partial charge in [-0.2, -0.15) is 13.2 Å². The van der Waals surface area contributed by atoms with Gasteiger partial charge in [-0.15, -0.1) is 0 Å². The average Bonchev–Trinajstić information content (AvgIpc) is 3.16. The number of rotatable bonds is 7. The average molecular weight is 523 g/mol. The van der Waals surface area contributed by atoms with Gasteiger partial charge in [0.2, 0.25) is 0 Å². The largest absolute Gasteiger partial charge is 0.462 e. The molecule has 4 rings (SSSR count). The fourth-order valence-corrected chi connectivity index (χ4v) is 4.63. The lowest BCUT2D eigenvalue weighted by Crippen LogP contribution is -2.06. The van der Waals surface area contributed by atoms with Gasteiger partial charge in [0.05, 0.1) is 40.3 Å². The molecule has 3 aromatic carbocycles. The minimum atomic E-state index is -4.42. The molecule has 0 N–H and O–H groups in total. The maximum absolute atomic E-state index is 13.5. The maximum atomic E-state index is 13.5. The Balaban J connectivity index is 1.68. The first-order valence-corrected chi connectivity index (χ1v) is 11.9. The molecule has 4 nitrogen and oxygen atoms in total. The lowest BCUT2D eigenvalue weighted by atomic mass is 10.1. The Hall–Kier alpha value is -3.04. The second-order valence-electron chi connectivity index (χ2n) is 7.64. The van der Waals surface area contributed by atoms with Crippen molar-refractivity contribution in [3.8, 4) is 0 Å². The van der Waals surface area contributed by atoms with E-state index in [1.54, 1.807) is 31.2 Å². The van der Waals surface area contributed by atoms with Gasteiger partial charge < -0.3 is 9.30 Å². The number of imidazole rings is 1. The van der Waals surface area contributed by atoms with Crippen LogP contribution in [0.1, 0.15) is 34.0 Å². The summed E-state index contributed by atoms with van der Waals surface area (Å²) in [5.41, 5.74) is 2.30. The third kappa shape index (κ3) is 5.79. The molecule has 4 aromatic rings. The number of thioether (sulfide) groups is 1. The molecule has 0 aliphatic rings. The molecule has 1 heterocycles. The number of nitrogens with zero attached hydrogens (tertiary/aromatic N) is 2. The first-order valence-electron chi connectivity index (χ1n) is 10.6. The number of carbonyl (C=O) groups excluding carboxylic acids is 1. The maximum Gasteiger partial charge on any atom is 0.416 e. The Labute approximate surface area is 207 Å². The molecule has 0 atom stereocenters. The molecule has 0 fully saturated rings. The smallest absolute Gasteiger partial charge is 0.416 e. The number of benzene rings is 3. The van der Waals surface area contributed by atoms with E-state index in [0.29, 0.717) is 33.1 Å². The van der Waals surface area contributed by atoms with Gasteiger partial charge in [0.1, 0.15) is 5.82 Å². The summed E-state index contributed by atoms with van der Waals surface area (Å²) in [4.78, 5) is 16.8. The Morgan fingerprint density at radius 3 is 2.43 bits per heavy atom. The van der Waals surface area contributed by atoms with Crippen molar-refractivity contribution in [2.75, 3.05) is 6.61 Å². The minimum absolute atomic E-state index is 0.0143. The Kier molecular flexibility index (Phi) is 7.37. The second kappa shape index (κ2) is 10.3. The van der Waals surface area contributed by atoms with E-state index < -0.39 is 23.5 Å². The summed E-state index contributed by atoms with van der Waals surface area (Å²) in [6, 6.07) is 14.4. The predicted octanol–water partition coefficient (Wildman–Crippen LogP) is 7.36. The van der Waals surface area contributed by atoms with E-state index in [2.05, 4.69) is 4.98 Å². The van der Waals surface area contributed by atoms with Crippen molar-refractivity contribution in [3.05, 3.63) is 93.8 Å². The van der Waals surface area contributed by atoms with Gasteiger partial charge in [0.25, 0.3) is 0 Å². The van der Waals surface area contributed by atoms with Crippen LogP contribution in [0.15, 0.2) is 65.8 Å². The highest BCUT2D eigenvalue weighted by atomic mass is 35.5. The Morgan fingerprint density at radius 2 is 1.77 bits per heavy atom. The van der Waals surface area contributed by atoms with Gasteiger partial charge in [0, 0.05) is 5.75 Å². The molecule has 182 valence electrons. The van der Waals surface area contributed by atoms with Gasteiger partial charge in [0.15, 0.2) is 5.16 Å². The SMILES string of the molecule is CCOC(=O)c1ccc2c(c1)nc(SCc1ccc(F)c(Cl)c1)n2Cc1ccc(C(F)(F)F)cc1. The van der Waals surface area contributed by atoms with Crippen LogP contribution in [0.4, 0.5) is 17.6 Å².